The van der Waals surface area contributed by atoms with Crippen LogP contribution in [0.15, 0.2) is 30.5 Å². The van der Waals surface area contributed by atoms with Crippen LogP contribution >= 0.6 is 0 Å². The fraction of sp³-hybridized carbons (Fsp3) is 0.0769. The Labute approximate surface area is 109 Å². The third-order valence-electron chi connectivity index (χ3n) is 2.71. The van der Waals surface area contributed by atoms with Crippen molar-refractivity contribution in [1.82, 2.24) is 4.98 Å². The zero-order valence-corrected chi connectivity index (χ0v) is 10.4. The number of hydrogen-bond donors (Lipinski definition) is 4. The molecule has 0 radical (unpaired) electrons. The second kappa shape index (κ2) is 4.85. The van der Waals surface area contributed by atoms with Gasteiger partial charge in [-0.05, 0) is 24.6 Å². The first kappa shape index (κ1) is 12.7. The van der Waals surface area contributed by atoms with Crippen molar-refractivity contribution in [2.45, 2.75) is 6.92 Å². The summed E-state index contributed by atoms with van der Waals surface area (Å²) in [6, 6.07) is 6.35. The molecule has 19 heavy (non-hydrogen) atoms. The first-order valence-electron chi connectivity index (χ1n) is 5.63. The Bertz CT molecular complexity index is 646. The summed E-state index contributed by atoms with van der Waals surface area (Å²) in [6.07, 6.45) is 1.61. The molecule has 98 valence electrons. The van der Waals surface area contributed by atoms with Gasteiger partial charge in [-0.2, -0.15) is 0 Å². The lowest BCUT2D eigenvalue weighted by Crippen LogP contribution is -2.20. The van der Waals surface area contributed by atoms with Crippen molar-refractivity contribution in [3.8, 4) is 11.3 Å². The molecule has 2 aromatic rings. The summed E-state index contributed by atoms with van der Waals surface area (Å²) in [7, 11) is 0. The summed E-state index contributed by atoms with van der Waals surface area (Å²) in [5.74, 6) is -0.540. The smallest absolute Gasteiger partial charge is 0.316 e. The summed E-state index contributed by atoms with van der Waals surface area (Å²) in [5.41, 5.74) is 13.5. The summed E-state index contributed by atoms with van der Waals surface area (Å²) < 4.78 is 0. The highest BCUT2D eigenvalue weighted by atomic mass is 16.2. The van der Waals surface area contributed by atoms with Crippen molar-refractivity contribution in [1.29, 1.82) is 0 Å². The van der Waals surface area contributed by atoms with E-state index < -0.39 is 11.9 Å². The molecule has 0 spiro atoms. The Morgan fingerprint density at radius 1 is 1.21 bits per heavy atom. The van der Waals surface area contributed by atoms with Crippen LogP contribution in [0.1, 0.15) is 15.9 Å². The number of carbonyl (C=O) groups excluding carboxylic acids is 2. The van der Waals surface area contributed by atoms with E-state index >= 15 is 0 Å². The van der Waals surface area contributed by atoms with Crippen molar-refractivity contribution < 1.29 is 9.59 Å². The van der Waals surface area contributed by atoms with E-state index in [-0.39, 0.29) is 0 Å². The first-order chi connectivity index (χ1) is 8.99. The third-order valence-corrected chi connectivity index (χ3v) is 2.71. The minimum Gasteiger partial charge on any atom is -0.366 e. The number of aromatic nitrogens is 1. The maximum atomic E-state index is 11.3. The van der Waals surface area contributed by atoms with Gasteiger partial charge in [0.1, 0.15) is 0 Å². The first-order valence-corrected chi connectivity index (χ1v) is 5.63. The van der Waals surface area contributed by atoms with Gasteiger partial charge in [0, 0.05) is 11.8 Å². The Balaban J connectivity index is 2.58. The number of carbonyl (C=O) groups is 2. The monoisotopic (exact) mass is 258 g/mol. The molecule has 0 aliphatic carbocycles. The Kier molecular flexibility index (Phi) is 3.24. The molecule has 0 atom stereocenters. The van der Waals surface area contributed by atoms with Crippen molar-refractivity contribution >= 4 is 17.6 Å². The van der Waals surface area contributed by atoms with Crippen LogP contribution in [0.4, 0.5) is 10.5 Å². The molecule has 0 aliphatic rings. The van der Waals surface area contributed by atoms with E-state index in [0.29, 0.717) is 22.5 Å². The van der Waals surface area contributed by atoms with Gasteiger partial charge in [0.15, 0.2) is 0 Å². The minimum absolute atomic E-state index is 0.358. The summed E-state index contributed by atoms with van der Waals surface area (Å²) >= 11 is 0. The lowest BCUT2D eigenvalue weighted by molar-refractivity contribution is 0.100. The molecule has 2 rings (SSSR count). The van der Waals surface area contributed by atoms with Gasteiger partial charge in [-0.25, -0.2) is 4.79 Å². The van der Waals surface area contributed by atoms with Crippen LogP contribution in [0, 0.1) is 6.92 Å². The second-order valence-electron chi connectivity index (χ2n) is 4.17. The van der Waals surface area contributed by atoms with Crippen molar-refractivity contribution in [3.05, 3.63) is 41.6 Å². The van der Waals surface area contributed by atoms with Gasteiger partial charge in [-0.3, -0.25) is 4.79 Å². The lowest BCUT2D eigenvalue weighted by Gasteiger charge is -2.11. The summed E-state index contributed by atoms with van der Waals surface area (Å²) in [6.45, 7) is 1.89. The maximum absolute atomic E-state index is 11.3. The number of nitrogens with two attached hydrogens (primary N) is 2. The number of aromatic amines is 1. The number of urea groups is 1. The highest BCUT2D eigenvalue weighted by molar-refractivity contribution is 6.02. The van der Waals surface area contributed by atoms with Crippen LogP contribution in [0.25, 0.3) is 11.3 Å². The van der Waals surface area contributed by atoms with Crippen LogP contribution in [0.3, 0.4) is 0 Å². The number of amides is 3. The largest absolute Gasteiger partial charge is 0.366 e. The molecule has 6 nitrogen and oxygen atoms in total. The number of nitrogens with one attached hydrogen (secondary N) is 2. The number of primary amides is 2. The van der Waals surface area contributed by atoms with Gasteiger partial charge >= 0.3 is 6.03 Å². The van der Waals surface area contributed by atoms with Gasteiger partial charge in [0.2, 0.25) is 0 Å². The van der Waals surface area contributed by atoms with Gasteiger partial charge < -0.3 is 21.8 Å². The number of rotatable bonds is 3. The minimum atomic E-state index is -0.668. The number of anilines is 1. The number of benzene rings is 1. The van der Waals surface area contributed by atoms with Gasteiger partial charge in [-0.15, -0.1) is 0 Å². The van der Waals surface area contributed by atoms with E-state index in [1.807, 2.05) is 13.0 Å². The van der Waals surface area contributed by atoms with Crippen LogP contribution in [-0.4, -0.2) is 16.9 Å². The van der Waals surface area contributed by atoms with E-state index in [9.17, 15) is 9.59 Å². The average molecular weight is 258 g/mol. The molecule has 6 heteroatoms. The fourth-order valence-corrected chi connectivity index (χ4v) is 1.91. The van der Waals surface area contributed by atoms with Gasteiger partial charge in [-0.1, -0.05) is 12.1 Å². The quantitative estimate of drug-likeness (QED) is 0.669. The topological polar surface area (TPSA) is 114 Å². The van der Waals surface area contributed by atoms with E-state index in [0.717, 1.165) is 5.56 Å². The highest BCUT2D eigenvalue weighted by Crippen LogP contribution is 2.30. The van der Waals surface area contributed by atoms with E-state index in [4.69, 9.17) is 11.5 Å². The van der Waals surface area contributed by atoms with Gasteiger partial charge in [0.25, 0.3) is 5.91 Å². The molecule has 1 aromatic heterocycles. The van der Waals surface area contributed by atoms with Crippen molar-refractivity contribution in [3.63, 3.8) is 0 Å². The van der Waals surface area contributed by atoms with E-state index in [1.54, 1.807) is 24.4 Å². The molecule has 1 aromatic carbocycles. The Hall–Kier alpha value is -2.76. The molecule has 0 saturated carbocycles. The zero-order valence-electron chi connectivity index (χ0n) is 10.4. The number of aryl methyl sites for hydroxylation is 1. The van der Waals surface area contributed by atoms with E-state index in [2.05, 4.69) is 10.3 Å². The molecule has 0 unspecified atom stereocenters. The zero-order chi connectivity index (χ0) is 14.0. The van der Waals surface area contributed by atoms with E-state index in [1.165, 1.54) is 0 Å². The van der Waals surface area contributed by atoms with Crippen LogP contribution < -0.4 is 16.8 Å². The summed E-state index contributed by atoms with van der Waals surface area (Å²) in [4.78, 5) is 25.3. The molecule has 6 N–H and O–H groups in total. The molecule has 0 fully saturated rings. The van der Waals surface area contributed by atoms with Crippen LogP contribution in [-0.2, 0) is 0 Å². The molecule has 1 heterocycles. The molecular weight excluding hydrogens is 244 g/mol. The third kappa shape index (κ3) is 2.57. The van der Waals surface area contributed by atoms with Crippen molar-refractivity contribution in [2.24, 2.45) is 11.5 Å². The predicted molar refractivity (Wildman–Crippen MR) is 72.7 cm³/mol. The predicted octanol–water partition coefficient (Wildman–Crippen LogP) is 1.58. The number of hydrogen-bond acceptors (Lipinski definition) is 2. The lowest BCUT2D eigenvalue weighted by atomic mass is 10.0. The molecule has 0 saturated heterocycles. The van der Waals surface area contributed by atoms with Crippen molar-refractivity contribution in [2.75, 3.05) is 5.32 Å². The molecule has 0 aliphatic heterocycles. The van der Waals surface area contributed by atoms with Gasteiger partial charge in [0.05, 0.1) is 16.9 Å². The normalized spacial score (nSPS) is 10.2. The SMILES string of the molecule is Cc1ccc(-c2[nH]ccc2C(N)=O)c(NC(N)=O)c1. The number of H-pyrrole nitrogens is 1. The molecular formula is C13H14N4O2. The van der Waals surface area contributed by atoms with Crippen LogP contribution in [0.2, 0.25) is 0 Å². The highest BCUT2D eigenvalue weighted by Gasteiger charge is 2.15. The Morgan fingerprint density at radius 3 is 2.58 bits per heavy atom. The second-order valence-corrected chi connectivity index (χ2v) is 4.17. The maximum Gasteiger partial charge on any atom is 0.316 e. The molecule has 0 bridgehead atoms. The summed E-state index contributed by atoms with van der Waals surface area (Å²) in [5, 5.41) is 2.54. The molecule has 3 amide bonds. The Morgan fingerprint density at radius 2 is 1.95 bits per heavy atom. The average Bonchev–Trinajstić information content (AvgIpc) is 2.77. The standard InChI is InChI=1S/C13H14N4O2/c1-7-2-3-8(10(6-7)17-13(15)19)11-9(12(14)18)4-5-16-11/h2-6,16H,1H3,(H2,14,18)(H3,15,17,19). The fourth-order valence-electron chi connectivity index (χ4n) is 1.91. The van der Waals surface area contributed by atoms with Crippen LogP contribution in [0.5, 0.6) is 0 Å².